The van der Waals surface area contributed by atoms with Crippen LogP contribution in [0.25, 0.3) is 0 Å². The molecule has 0 saturated heterocycles. The summed E-state index contributed by atoms with van der Waals surface area (Å²) >= 11 is 1.53. The SMILES string of the molecule is CC(=O)Nc1ncc([C@@H]2CC2c2ncc(C(C)(C)C)o2)s1. The van der Waals surface area contributed by atoms with Gasteiger partial charge in [-0.1, -0.05) is 20.8 Å². The Labute approximate surface area is 127 Å². The predicted molar refractivity (Wildman–Crippen MR) is 81.7 cm³/mol. The molecule has 1 saturated carbocycles. The molecule has 0 radical (unpaired) electrons. The molecule has 1 unspecified atom stereocenters. The molecule has 2 atom stereocenters. The molecule has 1 aliphatic carbocycles. The number of nitrogens with zero attached hydrogens (tertiary/aromatic N) is 2. The Morgan fingerprint density at radius 3 is 2.71 bits per heavy atom. The van der Waals surface area contributed by atoms with Gasteiger partial charge < -0.3 is 9.73 Å². The van der Waals surface area contributed by atoms with E-state index in [0.717, 1.165) is 18.1 Å². The highest BCUT2D eigenvalue weighted by molar-refractivity contribution is 7.15. The molecule has 0 aliphatic heterocycles. The van der Waals surface area contributed by atoms with Crippen LogP contribution in [0.4, 0.5) is 5.13 Å². The predicted octanol–water partition coefficient (Wildman–Crippen LogP) is 3.66. The lowest BCUT2D eigenvalue weighted by Crippen LogP contribution is -2.09. The number of thiazole rings is 1. The van der Waals surface area contributed by atoms with E-state index in [0.29, 0.717) is 17.0 Å². The first kappa shape index (κ1) is 14.3. The molecule has 2 heterocycles. The smallest absolute Gasteiger partial charge is 0.223 e. The van der Waals surface area contributed by atoms with E-state index in [4.69, 9.17) is 4.42 Å². The van der Waals surface area contributed by atoms with Crippen molar-refractivity contribution >= 4 is 22.4 Å². The first-order chi connectivity index (χ1) is 9.84. The van der Waals surface area contributed by atoms with Crippen LogP contribution >= 0.6 is 11.3 Å². The van der Waals surface area contributed by atoms with E-state index in [1.165, 1.54) is 23.1 Å². The third-order valence-corrected chi connectivity index (χ3v) is 4.59. The number of hydrogen-bond acceptors (Lipinski definition) is 5. The molecule has 6 heteroatoms. The van der Waals surface area contributed by atoms with Crippen molar-refractivity contribution in [1.82, 2.24) is 9.97 Å². The maximum Gasteiger partial charge on any atom is 0.223 e. The van der Waals surface area contributed by atoms with Crippen LogP contribution in [0.2, 0.25) is 0 Å². The minimum absolute atomic E-state index is 0.0152. The van der Waals surface area contributed by atoms with Gasteiger partial charge in [0.2, 0.25) is 5.91 Å². The van der Waals surface area contributed by atoms with Gasteiger partial charge in [-0.2, -0.15) is 0 Å². The van der Waals surface area contributed by atoms with Crippen LogP contribution in [0.1, 0.15) is 62.5 Å². The van der Waals surface area contributed by atoms with E-state index in [9.17, 15) is 4.79 Å². The first-order valence-corrected chi connectivity index (χ1v) is 7.86. The van der Waals surface area contributed by atoms with Crippen molar-refractivity contribution in [3.05, 3.63) is 28.9 Å². The van der Waals surface area contributed by atoms with Gasteiger partial charge in [0.25, 0.3) is 0 Å². The van der Waals surface area contributed by atoms with Gasteiger partial charge in [-0.25, -0.2) is 9.97 Å². The first-order valence-electron chi connectivity index (χ1n) is 7.04. The second kappa shape index (κ2) is 4.94. The Kier molecular flexibility index (Phi) is 3.36. The number of carbonyl (C=O) groups excluding carboxylic acids is 1. The molecule has 0 aromatic carbocycles. The van der Waals surface area contributed by atoms with Gasteiger partial charge in [-0.05, 0) is 6.42 Å². The lowest BCUT2D eigenvalue weighted by atomic mass is 9.94. The van der Waals surface area contributed by atoms with Crippen molar-refractivity contribution in [1.29, 1.82) is 0 Å². The van der Waals surface area contributed by atoms with Gasteiger partial charge in [0.1, 0.15) is 5.76 Å². The molecule has 1 aliphatic rings. The molecular formula is C15H19N3O2S. The summed E-state index contributed by atoms with van der Waals surface area (Å²) in [6, 6.07) is 0. The van der Waals surface area contributed by atoms with Crippen LogP contribution in [-0.2, 0) is 10.2 Å². The quantitative estimate of drug-likeness (QED) is 0.939. The number of hydrogen-bond donors (Lipinski definition) is 1. The fourth-order valence-corrected chi connectivity index (χ4v) is 3.30. The van der Waals surface area contributed by atoms with Gasteiger partial charge in [0.15, 0.2) is 11.0 Å². The average molecular weight is 305 g/mol. The third-order valence-electron chi connectivity index (χ3n) is 3.54. The monoisotopic (exact) mass is 305 g/mol. The fraction of sp³-hybridized carbons (Fsp3) is 0.533. The summed E-state index contributed by atoms with van der Waals surface area (Å²) in [6.07, 6.45) is 4.71. The van der Waals surface area contributed by atoms with E-state index in [1.54, 1.807) is 0 Å². The van der Waals surface area contributed by atoms with Gasteiger partial charge in [-0.15, -0.1) is 11.3 Å². The van der Waals surface area contributed by atoms with Crippen LogP contribution in [0.3, 0.4) is 0 Å². The van der Waals surface area contributed by atoms with Crippen LogP contribution < -0.4 is 5.32 Å². The van der Waals surface area contributed by atoms with Crippen LogP contribution in [0, 0.1) is 0 Å². The Morgan fingerprint density at radius 1 is 1.33 bits per heavy atom. The van der Waals surface area contributed by atoms with Gasteiger partial charge in [-0.3, -0.25) is 4.79 Å². The Balaban J connectivity index is 1.70. The second-order valence-electron chi connectivity index (χ2n) is 6.51. The van der Waals surface area contributed by atoms with Crippen molar-refractivity contribution in [3.8, 4) is 0 Å². The Morgan fingerprint density at radius 2 is 2.10 bits per heavy atom. The van der Waals surface area contributed by atoms with Crippen molar-refractivity contribution in [3.63, 3.8) is 0 Å². The summed E-state index contributed by atoms with van der Waals surface area (Å²) in [6.45, 7) is 7.83. The average Bonchev–Trinajstić information content (AvgIpc) is 2.83. The number of anilines is 1. The number of nitrogens with one attached hydrogen (secondary N) is 1. The molecule has 5 nitrogen and oxygen atoms in total. The molecule has 1 fully saturated rings. The number of oxazole rings is 1. The lowest BCUT2D eigenvalue weighted by Gasteiger charge is -2.13. The molecule has 0 spiro atoms. The lowest BCUT2D eigenvalue weighted by molar-refractivity contribution is -0.114. The molecule has 3 rings (SSSR count). The summed E-state index contributed by atoms with van der Waals surface area (Å²) in [5, 5.41) is 3.37. The zero-order chi connectivity index (χ0) is 15.2. The number of rotatable bonds is 3. The summed E-state index contributed by atoms with van der Waals surface area (Å²) in [7, 11) is 0. The van der Waals surface area contributed by atoms with E-state index in [-0.39, 0.29) is 11.3 Å². The largest absolute Gasteiger partial charge is 0.445 e. The molecule has 2 aromatic rings. The maximum atomic E-state index is 11.0. The molecule has 1 amide bonds. The van der Waals surface area contributed by atoms with E-state index < -0.39 is 0 Å². The van der Waals surface area contributed by atoms with Crippen LogP contribution in [-0.4, -0.2) is 15.9 Å². The highest BCUT2D eigenvalue weighted by atomic mass is 32.1. The Hall–Kier alpha value is -1.69. The summed E-state index contributed by atoms with van der Waals surface area (Å²) in [4.78, 5) is 20.8. The molecule has 2 aromatic heterocycles. The standard InChI is InChI=1S/C15H19N3O2S/c1-8(19)18-14-17-6-11(21-14)9-5-10(9)13-16-7-12(20-13)15(2,3)4/h6-7,9-10H,5H2,1-4H3,(H,17,18,19)/t9-,10?/m1/s1. The maximum absolute atomic E-state index is 11.0. The second-order valence-corrected chi connectivity index (χ2v) is 7.57. The molecule has 0 bridgehead atoms. The zero-order valence-electron chi connectivity index (χ0n) is 12.6. The minimum Gasteiger partial charge on any atom is -0.445 e. The highest BCUT2D eigenvalue weighted by Crippen LogP contribution is 2.56. The molecular weight excluding hydrogens is 286 g/mol. The molecule has 21 heavy (non-hydrogen) atoms. The summed E-state index contributed by atoms with van der Waals surface area (Å²) in [5.74, 6) is 2.40. The van der Waals surface area contributed by atoms with E-state index in [2.05, 4.69) is 36.1 Å². The molecule has 112 valence electrons. The van der Waals surface area contributed by atoms with Crippen molar-refractivity contribution in [2.24, 2.45) is 0 Å². The fourth-order valence-electron chi connectivity index (χ4n) is 2.25. The third kappa shape index (κ3) is 3.00. The van der Waals surface area contributed by atoms with Gasteiger partial charge >= 0.3 is 0 Å². The van der Waals surface area contributed by atoms with E-state index in [1.807, 2.05) is 12.4 Å². The Bertz CT molecular complexity index is 669. The topological polar surface area (TPSA) is 68.0 Å². The van der Waals surface area contributed by atoms with Crippen molar-refractivity contribution < 1.29 is 9.21 Å². The van der Waals surface area contributed by atoms with Crippen molar-refractivity contribution in [2.75, 3.05) is 5.32 Å². The summed E-state index contributed by atoms with van der Waals surface area (Å²) < 4.78 is 5.90. The number of aromatic nitrogens is 2. The van der Waals surface area contributed by atoms with Crippen molar-refractivity contribution in [2.45, 2.75) is 51.4 Å². The highest BCUT2D eigenvalue weighted by Gasteiger charge is 2.44. The zero-order valence-corrected chi connectivity index (χ0v) is 13.5. The van der Waals surface area contributed by atoms with Gasteiger partial charge in [0, 0.05) is 35.2 Å². The number of carbonyl (C=O) groups is 1. The number of amides is 1. The van der Waals surface area contributed by atoms with Crippen LogP contribution in [0.5, 0.6) is 0 Å². The normalized spacial score (nSPS) is 21.3. The van der Waals surface area contributed by atoms with Gasteiger partial charge in [0.05, 0.1) is 6.20 Å². The summed E-state index contributed by atoms with van der Waals surface area (Å²) in [5.41, 5.74) is -0.0152. The minimum atomic E-state index is -0.0919. The van der Waals surface area contributed by atoms with E-state index >= 15 is 0 Å². The molecule has 1 N–H and O–H groups in total. The van der Waals surface area contributed by atoms with Crippen LogP contribution in [0.15, 0.2) is 16.8 Å².